The molecule has 0 spiro atoms. The summed E-state index contributed by atoms with van der Waals surface area (Å²) in [5.41, 5.74) is 0.652. The molecule has 1 unspecified atom stereocenters. The van der Waals surface area contributed by atoms with Gasteiger partial charge in [0.05, 0.1) is 5.56 Å². The molecule has 2 heterocycles. The van der Waals surface area contributed by atoms with Crippen molar-refractivity contribution in [1.29, 1.82) is 0 Å². The monoisotopic (exact) mass is 208 g/mol. The highest BCUT2D eigenvalue weighted by atomic mass is 16.3. The first kappa shape index (κ1) is 10.2. The van der Waals surface area contributed by atoms with Gasteiger partial charge >= 0.3 is 0 Å². The van der Waals surface area contributed by atoms with Gasteiger partial charge < -0.3 is 15.1 Å². The van der Waals surface area contributed by atoms with E-state index in [1.165, 1.54) is 0 Å². The van der Waals surface area contributed by atoms with E-state index in [9.17, 15) is 4.79 Å². The summed E-state index contributed by atoms with van der Waals surface area (Å²) in [5.74, 6) is 1.44. The van der Waals surface area contributed by atoms with Crippen LogP contribution < -0.4 is 10.6 Å². The van der Waals surface area contributed by atoms with Crippen molar-refractivity contribution >= 4 is 5.91 Å². The van der Waals surface area contributed by atoms with Crippen molar-refractivity contribution < 1.29 is 9.21 Å². The average molecular weight is 208 g/mol. The van der Waals surface area contributed by atoms with Crippen LogP contribution in [0.25, 0.3) is 0 Å². The van der Waals surface area contributed by atoms with Gasteiger partial charge in [-0.25, -0.2) is 0 Å². The number of amides is 1. The summed E-state index contributed by atoms with van der Waals surface area (Å²) in [6.07, 6.45) is 1.00. The fourth-order valence-electron chi connectivity index (χ4n) is 1.90. The normalized spacial score (nSPS) is 20.5. The van der Waals surface area contributed by atoms with Crippen LogP contribution in [0.3, 0.4) is 0 Å². The Morgan fingerprint density at radius 1 is 1.60 bits per heavy atom. The second kappa shape index (κ2) is 4.06. The molecule has 82 valence electrons. The SMILES string of the molecule is Cc1cc(C(=O)NC2CCNC2)c(C)o1. The second-order valence-electron chi connectivity index (χ2n) is 3.99. The zero-order valence-electron chi connectivity index (χ0n) is 9.09. The minimum absolute atomic E-state index is 0.0296. The number of hydrogen-bond donors (Lipinski definition) is 2. The van der Waals surface area contributed by atoms with Crippen LogP contribution in [0.1, 0.15) is 28.3 Å². The molecule has 0 radical (unpaired) electrons. The molecule has 1 atom stereocenters. The quantitative estimate of drug-likeness (QED) is 0.762. The summed E-state index contributed by atoms with van der Waals surface area (Å²) in [6, 6.07) is 2.04. The number of carbonyl (C=O) groups excluding carboxylic acids is 1. The Kier molecular flexibility index (Phi) is 2.77. The van der Waals surface area contributed by atoms with Crippen LogP contribution in [0.2, 0.25) is 0 Å². The summed E-state index contributed by atoms with van der Waals surface area (Å²) in [7, 11) is 0. The Labute approximate surface area is 89.0 Å². The molecule has 2 rings (SSSR count). The van der Waals surface area contributed by atoms with Gasteiger partial charge in [-0.2, -0.15) is 0 Å². The Hall–Kier alpha value is -1.29. The highest BCUT2D eigenvalue weighted by Crippen LogP contribution is 2.13. The van der Waals surface area contributed by atoms with Gasteiger partial charge in [0.1, 0.15) is 11.5 Å². The van der Waals surface area contributed by atoms with Crippen molar-refractivity contribution in [3.8, 4) is 0 Å². The number of hydrogen-bond acceptors (Lipinski definition) is 3. The maximum Gasteiger partial charge on any atom is 0.255 e. The highest BCUT2D eigenvalue weighted by Gasteiger charge is 2.20. The third kappa shape index (κ3) is 2.21. The molecule has 0 saturated carbocycles. The third-order valence-corrected chi connectivity index (χ3v) is 2.68. The van der Waals surface area contributed by atoms with E-state index in [0.717, 1.165) is 25.3 Å². The van der Waals surface area contributed by atoms with E-state index in [-0.39, 0.29) is 11.9 Å². The van der Waals surface area contributed by atoms with Crippen LogP contribution in [-0.4, -0.2) is 25.0 Å². The summed E-state index contributed by atoms with van der Waals surface area (Å²) in [6.45, 7) is 5.51. The molecule has 1 aromatic rings. The van der Waals surface area contributed by atoms with Crippen molar-refractivity contribution in [2.75, 3.05) is 13.1 Å². The predicted molar refractivity (Wildman–Crippen MR) is 56.9 cm³/mol. The molecule has 4 nitrogen and oxygen atoms in total. The number of rotatable bonds is 2. The number of carbonyl (C=O) groups is 1. The number of aryl methyl sites for hydroxylation is 2. The minimum Gasteiger partial charge on any atom is -0.466 e. The van der Waals surface area contributed by atoms with E-state index >= 15 is 0 Å². The van der Waals surface area contributed by atoms with E-state index in [0.29, 0.717) is 11.3 Å². The first-order chi connectivity index (χ1) is 7.16. The second-order valence-corrected chi connectivity index (χ2v) is 3.99. The van der Waals surface area contributed by atoms with E-state index in [1.54, 1.807) is 6.07 Å². The van der Waals surface area contributed by atoms with Crippen molar-refractivity contribution in [2.45, 2.75) is 26.3 Å². The van der Waals surface area contributed by atoms with E-state index in [4.69, 9.17) is 4.42 Å². The molecule has 2 N–H and O–H groups in total. The predicted octanol–water partition coefficient (Wildman–Crippen LogP) is 0.988. The lowest BCUT2D eigenvalue weighted by atomic mass is 10.2. The van der Waals surface area contributed by atoms with Crippen molar-refractivity contribution in [3.63, 3.8) is 0 Å². The Bertz CT molecular complexity index is 365. The Balaban J connectivity index is 2.03. The van der Waals surface area contributed by atoms with Crippen LogP contribution in [0.5, 0.6) is 0 Å². The molecule has 1 fully saturated rings. The molecule has 1 saturated heterocycles. The number of nitrogens with one attached hydrogen (secondary N) is 2. The molecule has 0 aromatic carbocycles. The van der Waals surface area contributed by atoms with Crippen molar-refractivity contribution in [2.24, 2.45) is 0 Å². The van der Waals surface area contributed by atoms with Gasteiger partial charge in [0.25, 0.3) is 5.91 Å². The van der Waals surface area contributed by atoms with Crippen LogP contribution in [0, 0.1) is 13.8 Å². The molecule has 1 aromatic heterocycles. The first-order valence-corrected chi connectivity index (χ1v) is 5.25. The largest absolute Gasteiger partial charge is 0.466 e. The molecule has 1 aliphatic heterocycles. The standard InChI is InChI=1S/C11H16N2O2/c1-7-5-10(8(2)15-7)11(14)13-9-3-4-12-6-9/h5,9,12H,3-4,6H2,1-2H3,(H,13,14). The van der Waals surface area contributed by atoms with E-state index in [2.05, 4.69) is 10.6 Å². The lowest BCUT2D eigenvalue weighted by molar-refractivity contribution is 0.0938. The Morgan fingerprint density at radius 2 is 2.40 bits per heavy atom. The lowest BCUT2D eigenvalue weighted by Gasteiger charge is -2.10. The highest BCUT2D eigenvalue weighted by molar-refractivity contribution is 5.95. The van der Waals surface area contributed by atoms with Crippen molar-refractivity contribution in [3.05, 3.63) is 23.2 Å². The van der Waals surface area contributed by atoms with Gasteiger partial charge in [0, 0.05) is 12.6 Å². The van der Waals surface area contributed by atoms with Gasteiger partial charge in [-0.1, -0.05) is 0 Å². The van der Waals surface area contributed by atoms with Crippen LogP contribution >= 0.6 is 0 Å². The summed E-state index contributed by atoms with van der Waals surface area (Å²) < 4.78 is 5.32. The Morgan fingerprint density at radius 3 is 2.93 bits per heavy atom. The molecule has 15 heavy (non-hydrogen) atoms. The zero-order valence-corrected chi connectivity index (χ0v) is 9.09. The van der Waals surface area contributed by atoms with E-state index < -0.39 is 0 Å². The van der Waals surface area contributed by atoms with Gasteiger partial charge in [-0.05, 0) is 32.9 Å². The molecule has 1 aliphatic rings. The molecular weight excluding hydrogens is 192 g/mol. The summed E-state index contributed by atoms with van der Waals surface area (Å²) >= 11 is 0. The van der Waals surface area contributed by atoms with Crippen LogP contribution in [-0.2, 0) is 0 Å². The fraction of sp³-hybridized carbons (Fsp3) is 0.545. The maximum absolute atomic E-state index is 11.8. The molecule has 4 heteroatoms. The van der Waals surface area contributed by atoms with E-state index in [1.807, 2.05) is 13.8 Å². The lowest BCUT2D eigenvalue weighted by Crippen LogP contribution is -2.36. The zero-order chi connectivity index (χ0) is 10.8. The summed E-state index contributed by atoms with van der Waals surface area (Å²) in [5, 5.41) is 6.20. The molecule has 0 aliphatic carbocycles. The van der Waals surface area contributed by atoms with Crippen molar-refractivity contribution in [1.82, 2.24) is 10.6 Å². The van der Waals surface area contributed by atoms with Gasteiger partial charge in [0.2, 0.25) is 0 Å². The van der Waals surface area contributed by atoms with Gasteiger partial charge in [-0.15, -0.1) is 0 Å². The third-order valence-electron chi connectivity index (χ3n) is 2.68. The molecule has 0 bridgehead atoms. The molecular formula is C11H16N2O2. The maximum atomic E-state index is 11.8. The van der Waals surface area contributed by atoms with Gasteiger partial charge in [-0.3, -0.25) is 4.79 Å². The van der Waals surface area contributed by atoms with Gasteiger partial charge in [0.15, 0.2) is 0 Å². The topological polar surface area (TPSA) is 54.3 Å². The fourth-order valence-corrected chi connectivity index (χ4v) is 1.90. The summed E-state index contributed by atoms with van der Waals surface area (Å²) in [4.78, 5) is 11.8. The smallest absolute Gasteiger partial charge is 0.255 e. The molecule has 1 amide bonds. The first-order valence-electron chi connectivity index (χ1n) is 5.25. The minimum atomic E-state index is -0.0296. The van der Waals surface area contributed by atoms with Crippen LogP contribution in [0.4, 0.5) is 0 Å². The average Bonchev–Trinajstić information content (AvgIpc) is 2.75. The van der Waals surface area contributed by atoms with Crippen LogP contribution in [0.15, 0.2) is 10.5 Å². The number of furan rings is 1.